The molecule has 29 heavy (non-hydrogen) atoms. The molecule has 0 bridgehead atoms. The molecule has 0 unspecified atom stereocenters. The van der Waals surface area contributed by atoms with Gasteiger partial charge in [0, 0.05) is 37.5 Å². The summed E-state index contributed by atoms with van der Waals surface area (Å²) in [5.74, 6) is 1.48. The number of aromatic nitrogens is 2. The maximum Gasteiger partial charge on any atom is 0.254 e. The number of nitrogens with zero attached hydrogens (tertiary/aromatic N) is 3. The lowest BCUT2D eigenvalue weighted by molar-refractivity contribution is -0.130. The molecule has 2 fully saturated rings. The fourth-order valence-corrected chi connectivity index (χ4v) is 5.69. The molecule has 9 heteroatoms. The van der Waals surface area contributed by atoms with E-state index in [1.54, 1.807) is 0 Å². The van der Waals surface area contributed by atoms with Crippen LogP contribution < -0.4 is 5.56 Å². The van der Waals surface area contributed by atoms with Crippen LogP contribution in [0.2, 0.25) is 0 Å². The first-order valence-corrected chi connectivity index (χ1v) is 12.5. The summed E-state index contributed by atoms with van der Waals surface area (Å²) >= 11 is 0. The average molecular weight is 423 g/mol. The zero-order valence-electron chi connectivity index (χ0n) is 17.0. The number of sulfonamides is 1. The van der Waals surface area contributed by atoms with E-state index in [1.807, 2.05) is 4.90 Å². The van der Waals surface area contributed by atoms with Crippen LogP contribution in [0, 0.1) is 5.92 Å². The molecule has 1 aliphatic carbocycles. The highest BCUT2D eigenvalue weighted by Crippen LogP contribution is 2.30. The molecule has 4 rings (SSSR count). The van der Waals surface area contributed by atoms with Crippen molar-refractivity contribution in [3.05, 3.63) is 27.4 Å². The number of H-pyrrole nitrogens is 1. The van der Waals surface area contributed by atoms with Crippen LogP contribution in [0.15, 0.2) is 4.79 Å². The van der Waals surface area contributed by atoms with Crippen LogP contribution in [0.3, 0.4) is 0 Å². The Morgan fingerprint density at radius 1 is 1.21 bits per heavy atom. The van der Waals surface area contributed by atoms with Gasteiger partial charge in [-0.05, 0) is 25.2 Å². The number of likely N-dealkylation sites (tertiary alicyclic amines) is 1. The van der Waals surface area contributed by atoms with Crippen molar-refractivity contribution in [3.8, 4) is 0 Å². The van der Waals surface area contributed by atoms with E-state index in [1.165, 1.54) is 36.2 Å². The van der Waals surface area contributed by atoms with Crippen LogP contribution >= 0.6 is 0 Å². The van der Waals surface area contributed by atoms with Gasteiger partial charge >= 0.3 is 0 Å². The Morgan fingerprint density at radius 3 is 2.69 bits per heavy atom. The Hall–Kier alpha value is -1.74. The topological polar surface area (TPSA) is 103 Å². The van der Waals surface area contributed by atoms with E-state index in [-0.39, 0.29) is 23.9 Å². The number of fused-ring (bicyclic) bond motifs is 1. The van der Waals surface area contributed by atoms with Gasteiger partial charge in [-0.25, -0.2) is 13.4 Å². The first-order chi connectivity index (χ1) is 13.8. The summed E-state index contributed by atoms with van der Waals surface area (Å²) in [6, 6.07) is 0. The van der Waals surface area contributed by atoms with Crippen molar-refractivity contribution in [2.24, 2.45) is 5.92 Å². The van der Waals surface area contributed by atoms with Crippen LogP contribution in [-0.2, 0) is 27.8 Å². The van der Waals surface area contributed by atoms with Gasteiger partial charge in [0.15, 0.2) is 0 Å². The lowest BCUT2D eigenvalue weighted by Crippen LogP contribution is -2.39. The minimum Gasteiger partial charge on any atom is -0.342 e. The predicted molar refractivity (Wildman–Crippen MR) is 109 cm³/mol. The Bertz CT molecular complexity index is 936. The van der Waals surface area contributed by atoms with Gasteiger partial charge in [-0.2, -0.15) is 4.31 Å². The van der Waals surface area contributed by atoms with Crippen LogP contribution in [-0.4, -0.2) is 59.4 Å². The number of carbonyl (C=O) groups is 1. The molecule has 3 aliphatic rings. The summed E-state index contributed by atoms with van der Waals surface area (Å²) in [5.41, 5.74) is 0.951. The fraction of sp³-hybridized carbons (Fsp3) is 0.750. The van der Waals surface area contributed by atoms with E-state index in [0.717, 1.165) is 12.8 Å². The van der Waals surface area contributed by atoms with Gasteiger partial charge in [0.2, 0.25) is 15.9 Å². The van der Waals surface area contributed by atoms with Crippen LogP contribution in [0.4, 0.5) is 0 Å². The number of hydrogen-bond donors (Lipinski definition) is 1. The van der Waals surface area contributed by atoms with Crippen LogP contribution in [0.5, 0.6) is 0 Å². The average Bonchev–Trinajstić information content (AvgIpc) is 3.37. The number of carbonyl (C=O) groups excluding carboxylic acids is 1. The molecule has 1 aromatic heterocycles. The lowest BCUT2D eigenvalue weighted by Gasteiger charge is -2.26. The molecule has 1 N–H and O–H groups in total. The number of amides is 1. The molecule has 160 valence electrons. The molecule has 2 aliphatic heterocycles. The highest BCUT2D eigenvalue weighted by Gasteiger charge is 2.32. The summed E-state index contributed by atoms with van der Waals surface area (Å²) < 4.78 is 25.1. The quantitative estimate of drug-likeness (QED) is 0.772. The maximum absolute atomic E-state index is 12.6. The first-order valence-electron chi connectivity index (χ1n) is 10.7. The van der Waals surface area contributed by atoms with Crippen LogP contribution in [0.25, 0.3) is 0 Å². The summed E-state index contributed by atoms with van der Waals surface area (Å²) in [6.45, 7) is 1.70. The monoisotopic (exact) mass is 422 g/mol. The molecule has 0 aromatic carbocycles. The van der Waals surface area contributed by atoms with E-state index in [0.29, 0.717) is 55.5 Å². The second-order valence-corrected chi connectivity index (χ2v) is 10.7. The normalized spacial score (nSPS) is 23.5. The van der Waals surface area contributed by atoms with Gasteiger partial charge < -0.3 is 9.88 Å². The van der Waals surface area contributed by atoms with Gasteiger partial charge in [0.05, 0.1) is 18.5 Å². The number of nitrogens with one attached hydrogen (secondary N) is 1. The zero-order chi connectivity index (χ0) is 20.6. The Labute approximate surface area is 171 Å². The number of hydrogen-bond acceptors (Lipinski definition) is 5. The van der Waals surface area contributed by atoms with Gasteiger partial charge in [0.25, 0.3) is 5.56 Å². The maximum atomic E-state index is 12.6. The van der Waals surface area contributed by atoms with Gasteiger partial charge in [-0.15, -0.1) is 0 Å². The second-order valence-electron chi connectivity index (χ2n) is 8.74. The van der Waals surface area contributed by atoms with Crippen molar-refractivity contribution in [2.75, 3.05) is 25.9 Å². The van der Waals surface area contributed by atoms with Crippen molar-refractivity contribution in [1.82, 2.24) is 19.2 Å². The molecule has 1 atom stereocenters. The van der Waals surface area contributed by atoms with Crippen molar-refractivity contribution in [1.29, 1.82) is 0 Å². The molecule has 1 saturated heterocycles. The predicted octanol–water partition coefficient (Wildman–Crippen LogP) is 1.37. The molecular weight excluding hydrogens is 392 g/mol. The molecule has 1 aromatic rings. The minimum absolute atomic E-state index is 0.00274. The first kappa shape index (κ1) is 20.5. The standard InChI is InChI=1S/C20H30N4O4S/c1-29(27,28)24-11-9-16-17(13-24)21-19(22-20(16)26)15-8-10-23(12-15)18(25)7-6-14-4-2-3-5-14/h14-15H,2-13H2,1H3,(H,21,22,26)/t15-/m1/s1. The number of aromatic amines is 1. The third kappa shape index (κ3) is 4.55. The summed E-state index contributed by atoms with van der Waals surface area (Å²) in [6.07, 6.45) is 9.00. The van der Waals surface area contributed by atoms with Gasteiger partial charge in [-0.3, -0.25) is 9.59 Å². The minimum atomic E-state index is -3.32. The van der Waals surface area contributed by atoms with Crippen molar-refractivity contribution < 1.29 is 13.2 Å². The molecule has 1 amide bonds. The molecular formula is C20H30N4O4S. The van der Waals surface area contributed by atoms with E-state index in [9.17, 15) is 18.0 Å². The third-order valence-corrected chi connectivity index (χ3v) is 7.94. The summed E-state index contributed by atoms with van der Waals surface area (Å²) in [4.78, 5) is 34.5. The summed E-state index contributed by atoms with van der Waals surface area (Å²) in [7, 11) is -3.32. The third-order valence-electron chi connectivity index (χ3n) is 6.69. The van der Waals surface area contributed by atoms with Crippen molar-refractivity contribution >= 4 is 15.9 Å². The Morgan fingerprint density at radius 2 is 1.97 bits per heavy atom. The second kappa shape index (κ2) is 8.18. The molecule has 3 heterocycles. The van der Waals surface area contributed by atoms with E-state index in [4.69, 9.17) is 0 Å². The Kier molecular flexibility index (Phi) is 5.79. The number of rotatable bonds is 5. The largest absolute Gasteiger partial charge is 0.342 e. The van der Waals surface area contributed by atoms with Gasteiger partial charge in [-0.1, -0.05) is 25.7 Å². The van der Waals surface area contributed by atoms with Crippen molar-refractivity contribution in [2.45, 2.75) is 63.8 Å². The van der Waals surface area contributed by atoms with Gasteiger partial charge in [0.1, 0.15) is 5.82 Å². The smallest absolute Gasteiger partial charge is 0.254 e. The van der Waals surface area contributed by atoms with Crippen molar-refractivity contribution in [3.63, 3.8) is 0 Å². The highest BCUT2D eigenvalue weighted by atomic mass is 32.2. The lowest BCUT2D eigenvalue weighted by atomic mass is 10.0. The van der Waals surface area contributed by atoms with E-state index < -0.39 is 10.0 Å². The SMILES string of the molecule is CS(=O)(=O)N1CCc2c(nc([C@@H]3CCN(C(=O)CCC4CCCC4)C3)[nH]c2=O)C1. The van der Waals surface area contributed by atoms with Crippen LogP contribution in [0.1, 0.15) is 67.9 Å². The Balaban J connectivity index is 1.42. The highest BCUT2D eigenvalue weighted by molar-refractivity contribution is 7.88. The molecule has 1 saturated carbocycles. The van der Waals surface area contributed by atoms with E-state index >= 15 is 0 Å². The summed E-state index contributed by atoms with van der Waals surface area (Å²) in [5, 5.41) is 0. The molecule has 0 radical (unpaired) electrons. The molecule has 8 nitrogen and oxygen atoms in total. The molecule has 0 spiro atoms. The fourth-order valence-electron chi connectivity index (χ4n) is 4.91. The zero-order valence-corrected chi connectivity index (χ0v) is 17.8. The van der Waals surface area contributed by atoms with E-state index in [2.05, 4.69) is 9.97 Å².